The molecule has 1 saturated heterocycles. The molecule has 56 valence electrons. The summed E-state index contributed by atoms with van der Waals surface area (Å²) in [5, 5.41) is 11.0. The second-order valence-corrected chi connectivity index (χ2v) is 1.99. The molecule has 0 aromatic heterocycles. The van der Waals surface area contributed by atoms with E-state index in [0.717, 1.165) is 0 Å². The molecule has 0 spiro atoms. The van der Waals surface area contributed by atoms with E-state index in [9.17, 15) is 4.79 Å². The van der Waals surface area contributed by atoms with Crippen molar-refractivity contribution in [3.63, 3.8) is 0 Å². The van der Waals surface area contributed by atoms with Gasteiger partial charge in [-0.05, 0) is 6.92 Å². The molecule has 1 fully saturated rings. The third kappa shape index (κ3) is 2.01. The Bertz CT molecular complexity index is 108. The van der Waals surface area contributed by atoms with E-state index in [-0.39, 0.29) is 14.9 Å². The van der Waals surface area contributed by atoms with Crippen LogP contribution in [-0.2, 0) is 4.79 Å². The van der Waals surface area contributed by atoms with Gasteiger partial charge in [-0.25, -0.2) is 0 Å². The number of carboxylic acid groups (broad SMARTS) is 1. The van der Waals surface area contributed by atoms with Crippen molar-refractivity contribution in [2.75, 3.05) is 6.54 Å². The Morgan fingerprint density at radius 1 is 1.67 bits per heavy atom. The summed E-state index contributed by atoms with van der Waals surface area (Å²) in [6.07, 6.45) is 0. The summed E-state index contributed by atoms with van der Waals surface area (Å²) < 4.78 is 0. The third-order valence-corrected chi connectivity index (χ3v) is 1.18. The van der Waals surface area contributed by atoms with Gasteiger partial charge in [0.15, 0.2) is 0 Å². The Hall–Kier alpha value is -0.570. The summed E-state index contributed by atoms with van der Waals surface area (Å²) in [5.74, 6) is -0.757. The zero-order valence-electron chi connectivity index (χ0n) is 4.06. The van der Waals surface area contributed by atoms with Crippen LogP contribution in [0.2, 0.25) is 0 Å². The second-order valence-electron chi connectivity index (χ2n) is 1.99. The number of rotatable bonds is 1. The van der Waals surface area contributed by atoms with Crippen LogP contribution in [0.1, 0.15) is 21.8 Å². The Labute approximate surface area is 56.1 Å². The molecule has 1 aliphatic heterocycles. The number of hydrogen-bond donors (Lipinski definition) is 2. The van der Waals surface area contributed by atoms with Crippen LogP contribution in [0, 0.1) is 0 Å². The molecule has 1 unspecified atom stereocenters. The lowest BCUT2D eigenvalue weighted by Gasteiger charge is -1.92. The summed E-state index contributed by atoms with van der Waals surface area (Å²) in [6, 6.07) is 0. The van der Waals surface area contributed by atoms with Crippen LogP contribution in [0.3, 0.4) is 0 Å². The monoisotopic (exact) mass is 133 g/mol. The number of aliphatic carboxylic acids is 1. The summed E-state index contributed by atoms with van der Waals surface area (Å²) in [7, 11) is 0. The van der Waals surface area contributed by atoms with Gasteiger partial charge in [-0.2, -0.15) is 0 Å². The van der Waals surface area contributed by atoms with Crippen LogP contribution in [0.25, 0.3) is 0 Å². The van der Waals surface area contributed by atoms with Gasteiger partial charge < -0.3 is 5.11 Å². The fourth-order valence-electron chi connectivity index (χ4n) is 0.284. The number of carboxylic acids is 1. The molecular formula is C6H15NO2. The van der Waals surface area contributed by atoms with E-state index in [2.05, 4.69) is 5.32 Å². The van der Waals surface area contributed by atoms with Crippen LogP contribution in [-0.4, -0.2) is 23.2 Å². The van der Waals surface area contributed by atoms with Crippen molar-refractivity contribution >= 4 is 5.97 Å². The van der Waals surface area contributed by atoms with E-state index < -0.39 is 11.5 Å². The third-order valence-electron chi connectivity index (χ3n) is 1.18. The van der Waals surface area contributed by atoms with E-state index in [0.29, 0.717) is 6.54 Å². The lowest BCUT2D eigenvalue weighted by Crippen LogP contribution is -2.22. The molecule has 0 bridgehead atoms. The van der Waals surface area contributed by atoms with Crippen LogP contribution in [0.15, 0.2) is 0 Å². The predicted molar refractivity (Wildman–Crippen MR) is 37.5 cm³/mol. The highest BCUT2D eigenvalue weighted by Crippen LogP contribution is 2.13. The lowest BCUT2D eigenvalue weighted by atomic mass is 10.2. The largest absolute Gasteiger partial charge is 0.480 e. The van der Waals surface area contributed by atoms with E-state index >= 15 is 0 Å². The first-order valence-corrected chi connectivity index (χ1v) is 2.13. The first-order chi connectivity index (χ1) is 3.15. The minimum Gasteiger partial charge on any atom is -0.480 e. The molecule has 1 atom stereocenters. The first kappa shape index (κ1) is 11.3. The molecule has 0 aliphatic carbocycles. The fraction of sp³-hybridized carbons (Fsp3) is 0.833. The van der Waals surface area contributed by atoms with Crippen LogP contribution in [0.5, 0.6) is 0 Å². The van der Waals surface area contributed by atoms with Crippen molar-refractivity contribution < 1.29 is 9.90 Å². The summed E-state index contributed by atoms with van der Waals surface area (Å²) in [6.45, 7) is 2.28. The highest BCUT2D eigenvalue weighted by atomic mass is 16.4. The summed E-state index contributed by atoms with van der Waals surface area (Å²) in [5.41, 5.74) is -0.583. The smallest absolute Gasteiger partial charge is 0.324 e. The number of hydrogen-bond acceptors (Lipinski definition) is 2. The van der Waals surface area contributed by atoms with Crippen LogP contribution in [0.4, 0.5) is 0 Å². The predicted octanol–water partition coefficient (Wildman–Crippen LogP) is 0.705. The van der Waals surface area contributed by atoms with Crippen molar-refractivity contribution in [3.05, 3.63) is 0 Å². The number of carbonyl (C=O) groups is 1. The Morgan fingerprint density at radius 2 is 2.00 bits per heavy atom. The zero-order valence-corrected chi connectivity index (χ0v) is 4.06. The maximum atomic E-state index is 10.0. The zero-order chi connectivity index (χ0) is 5.49. The van der Waals surface area contributed by atoms with Gasteiger partial charge in [-0.3, -0.25) is 10.1 Å². The maximum Gasteiger partial charge on any atom is 0.324 e. The van der Waals surface area contributed by atoms with Gasteiger partial charge in [-0.15, -0.1) is 0 Å². The molecule has 0 saturated carbocycles. The molecule has 9 heavy (non-hydrogen) atoms. The second kappa shape index (κ2) is 2.82. The topological polar surface area (TPSA) is 59.2 Å². The van der Waals surface area contributed by atoms with Gasteiger partial charge in [0.2, 0.25) is 0 Å². The van der Waals surface area contributed by atoms with E-state index in [4.69, 9.17) is 5.11 Å². The molecule has 0 amide bonds. The SMILES string of the molecule is C.C.CC1(C(=O)O)CN1. The fourth-order valence-corrected chi connectivity index (χ4v) is 0.284. The first-order valence-electron chi connectivity index (χ1n) is 2.13. The highest BCUT2D eigenvalue weighted by Gasteiger charge is 2.44. The molecule has 3 heteroatoms. The van der Waals surface area contributed by atoms with E-state index in [1.807, 2.05) is 0 Å². The average molecular weight is 133 g/mol. The molecule has 1 aliphatic rings. The molecule has 0 radical (unpaired) electrons. The van der Waals surface area contributed by atoms with Crippen molar-refractivity contribution in [3.8, 4) is 0 Å². The Morgan fingerprint density at radius 3 is 2.00 bits per heavy atom. The van der Waals surface area contributed by atoms with Crippen LogP contribution >= 0.6 is 0 Å². The Kier molecular flexibility index (Phi) is 3.53. The molecule has 0 aromatic carbocycles. The van der Waals surface area contributed by atoms with E-state index in [1.54, 1.807) is 6.92 Å². The number of nitrogens with one attached hydrogen (secondary N) is 1. The highest BCUT2D eigenvalue weighted by molar-refractivity contribution is 5.82. The van der Waals surface area contributed by atoms with Crippen LogP contribution < -0.4 is 5.32 Å². The van der Waals surface area contributed by atoms with Gasteiger partial charge in [0.1, 0.15) is 5.54 Å². The van der Waals surface area contributed by atoms with Crippen molar-refractivity contribution in [1.29, 1.82) is 0 Å². The molecular weight excluding hydrogens is 118 g/mol. The van der Waals surface area contributed by atoms with Gasteiger partial charge in [0, 0.05) is 6.54 Å². The summed E-state index contributed by atoms with van der Waals surface area (Å²) in [4.78, 5) is 10.0. The van der Waals surface area contributed by atoms with Crippen molar-refractivity contribution in [2.24, 2.45) is 0 Å². The van der Waals surface area contributed by atoms with Gasteiger partial charge in [0.25, 0.3) is 0 Å². The van der Waals surface area contributed by atoms with Crippen molar-refractivity contribution in [1.82, 2.24) is 5.32 Å². The standard InChI is InChI=1S/C4H7NO2.2CH4/c1-4(2-5-4)3(6)7;;/h5H,2H2,1H3,(H,6,7);2*1H4. The van der Waals surface area contributed by atoms with Gasteiger partial charge >= 0.3 is 5.97 Å². The normalized spacial score (nSPS) is 29.4. The molecule has 2 N–H and O–H groups in total. The van der Waals surface area contributed by atoms with Gasteiger partial charge in [-0.1, -0.05) is 14.9 Å². The maximum absolute atomic E-state index is 10.0. The Balaban J connectivity index is 0. The average Bonchev–Trinajstić information content (AvgIpc) is 2.21. The molecule has 1 heterocycles. The quantitative estimate of drug-likeness (QED) is 0.518. The molecule has 3 nitrogen and oxygen atoms in total. The van der Waals surface area contributed by atoms with Crippen molar-refractivity contribution in [2.45, 2.75) is 27.3 Å². The van der Waals surface area contributed by atoms with Gasteiger partial charge in [0.05, 0.1) is 0 Å². The minimum atomic E-state index is -0.757. The molecule has 0 aromatic rings. The van der Waals surface area contributed by atoms with E-state index in [1.165, 1.54) is 0 Å². The molecule has 1 rings (SSSR count). The minimum absolute atomic E-state index is 0. The lowest BCUT2D eigenvalue weighted by molar-refractivity contribution is -0.139. The summed E-state index contributed by atoms with van der Waals surface area (Å²) >= 11 is 0.